The third-order valence-electron chi connectivity index (χ3n) is 3.86. The second kappa shape index (κ2) is 6.20. The highest BCUT2D eigenvalue weighted by molar-refractivity contribution is 5.37. The van der Waals surface area contributed by atoms with Crippen LogP contribution in [0, 0.1) is 32.6 Å². The first kappa shape index (κ1) is 14.2. The van der Waals surface area contributed by atoms with Crippen LogP contribution in [-0.4, -0.2) is 13.6 Å². The smallest absolute Gasteiger partial charge is 0.00235 e. The number of hydrogen-bond donors (Lipinski definition) is 1. The zero-order valence-electron chi connectivity index (χ0n) is 12.2. The van der Waals surface area contributed by atoms with E-state index in [9.17, 15) is 0 Å². The van der Waals surface area contributed by atoms with Crippen molar-refractivity contribution in [3.63, 3.8) is 0 Å². The van der Waals surface area contributed by atoms with Gasteiger partial charge in [0.2, 0.25) is 0 Å². The lowest BCUT2D eigenvalue weighted by Crippen LogP contribution is -2.23. The van der Waals surface area contributed by atoms with Crippen molar-refractivity contribution < 1.29 is 0 Å². The molecule has 1 heteroatoms. The van der Waals surface area contributed by atoms with Crippen LogP contribution in [0.4, 0.5) is 0 Å². The molecule has 0 spiro atoms. The van der Waals surface area contributed by atoms with Gasteiger partial charge in [-0.3, -0.25) is 0 Å². The molecule has 1 rings (SSSR count). The molecule has 0 amide bonds. The molecule has 0 radical (unpaired) electrons. The molecular weight excluding hydrogens is 206 g/mol. The van der Waals surface area contributed by atoms with Gasteiger partial charge in [-0.2, -0.15) is 0 Å². The van der Waals surface area contributed by atoms with Crippen LogP contribution in [0.2, 0.25) is 0 Å². The molecule has 0 saturated carbocycles. The van der Waals surface area contributed by atoms with Gasteiger partial charge in [0.1, 0.15) is 0 Å². The van der Waals surface area contributed by atoms with Crippen molar-refractivity contribution in [2.45, 2.75) is 41.0 Å². The fraction of sp³-hybridized carbons (Fsp3) is 0.625. The largest absolute Gasteiger partial charge is 0.319 e. The minimum atomic E-state index is 0.722. The zero-order chi connectivity index (χ0) is 13.0. The maximum Gasteiger partial charge on any atom is -0.00235 e. The van der Waals surface area contributed by atoms with Gasteiger partial charge in [0.05, 0.1) is 0 Å². The summed E-state index contributed by atoms with van der Waals surface area (Å²) >= 11 is 0. The van der Waals surface area contributed by atoms with Gasteiger partial charge in [-0.25, -0.2) is 0 Å². The molecule has 1 N–H and O–H groups in total. The highest BCUT2D eigenvalue weighted by Crippen LogP contribution is 2.23. The molecule has 17 heavy (non-hydrogen) atoms. The lowest BCUT2D eigenvalue weighted by molar-refractivity contribution is 0.373. The molecule has 1 aromatic carbocycles. The molecule has 0 fully saturated rings. The third-order valence-corrected chi connectivity index (χ3v) is 3.86. The molecule has 0 aliphatic rings. The highest BCUT2D eigenvalue weighted by atomic mass is 14.8. The van der Waals surface area contributed by atoms with Crippen molar-refractivity contribution >= 4 is 0 Å². The Labute approximate surface area is 107 Å². The van der Waals surface area contributed by atoms with E-state index in [1.807, 2.05) is 7.05 Å². The molecule has 0 aromatic heterocycles. The van der Waals surface area contributed by atoms with E-state index in [2.05, 4.69) is 52.1 Å². The Morgan fingerprint density at radius 3 is 2.00 bits per heavy atom. The third kappa shape index (κ3) is 3.85. The molecule has 1 nitrogen and oxygen atoms in total. The maximum absolute atomic E-state index is 3.27. The average Bonchev–Trinajstić information content (AvgIpc) is 2.23. The predicted molar refractivity (Wildman–Crippen MR) is 76.6 cm³/mol. The van der Waals surface area contributed by atoms with E-state index in [1.54, 1.807) is 5.56 Å². The number of nitrogens with one attached hydrogen (secondary N) is 1. The van der Waals surface area contributed by atoms with E-state index < -0.39 is 0 Å². The summed E-state index contributed by atoms with van der Waals surface area (Å²) in [5.74, 6) is 1.45. The van der Waals surface area contributed by atoms with Crippen molar-refractivity contribution in [2.75, 3.05) is 13.6 Å². The first-order valence-corrected chi connectivity index (χ1v) is 6.67. The fourth-order valence-electron chi connectivity index (χ4n) is 2.58. The molecule has 0 saturated heterocycles. The topological polar surface area (TPSA) is 12.0 Å². The highest BCUT2D eigenvalue weighted by Gasteiger charge is 2.14. The second-order valence-corrected chi connectivity index (χ2v) is 5.59. The molecule has 2 unspecified atom stereocenters. The SMILES string of the molecule is CNCC(C)C(C)Cc1c(C)cc(C)cc1C. The first-order chi connectivity index (χ1) is 7.95. The quantitative estimate of drug-likeness (QED) is 0.818. The van der Waals surface area contributed by atoms with Crippen LogP contribution in [0.5, 0.6) is 0 Å². The Morgan fingerprint density at radius 1 is 1.00 bits per heavy atom. The van der Waals surface area contributed by atoms with Crippen LogP contribution >= 0.6 is 0 Å². The number of hydrogen-bond acceptors (Lipinski definition) is 1. The van der Waals surface area contributed by atoms with Gasteiger partial charge in [-0.1, -0.05) is 31.5 Å². The van der Waals surface area contributed by atoms with Gasteiger partial charge in [-0.05, 0) is 69.3 Å². The minimum Gasteiger partial charge on any atom is -0.319 e. The standard InChI is InChI=1S/C16H27N/c1-11-7-13(3)16(14(4)8-11)9-12(2)15(5)10-17-6/h7-8,12,15,17H,9-10H2,1-6H3. The van der Waals surface area contributed by atoms with Gasteiger partial charge < -0.3 is 5.32 Å². The van der Waals surface area contributed by atoms with E-state index in [0.29, 0.717) is 0 Å². The van der Waals surface area contributed by atoms with Gasteiger partial charge in [0, 0.05) is 0 Å². The van der Waals surface area contributed by atoms with Gasteiger partial charge in [0.15, 0.2) is 0 Å². The summed E-state index contributed by atoms with van der Waals surface area (Å²) in [6.07, 6.45) is 1.20. The van der Waals surface area contributed by atoms with Crippen molar-refractivity contribution in [1.29, 1.82) is 0 Å². The van der Waals surface area contributed by atoms with Crippen LogP contribution in [0.3, 0.4) is 0 Å². The van der Waals surface area contributed by atoms with E-state index in [0.717, 1.165) is 18.4 Å². The van der Waals surface area contributed by atoms with Crippen LogP contribution < -0.4 is 5.32 Å². The fourth-order valence-corrected chi connectivity index (χ4v) is 2.58. The van der Waals surface area contributed by atoms with Crippen LogP contribution in [0.15, 0.2) is 12.1 Å². The summed E-state index contributed by atoms with van der Waals surface area (Å²) in [4.78, 5) is 0. The lowest BCUT2D eigenvalue weighted by Gasteiger charge is -2.22. The Balaban J connectivity index is 2.81. The lowest BCUT2D eigenvalue weighted by atomic mass is 9.86. The first-order valence-electron chi connectivity index (χ1n) is 6.67. The van der Waals surface area contributed by atoms with Crippen LogP contribution in [-0.2, 0) is 6.42 Å². The second-order valence-electron chi connectivity index (χ2n) is 5.59. The van der Waals surface area contributed by atoms with E-state index in [-0.39, 0.29) is 0 Å². The Hall–Kier alpha value is -0.820. The number of aryl methyl sites for hydroxylation is 3. The monoisotopic (exact) mass is 233 g/mol. The molecule has 0 heterocycles. The summed E-state index contributed by atoms with van der Waals surface area (Å²) < 4.78 is 0. The van der Waals surface area contributed by atoms with E-state index >= 15 is 0 Å². The Kier molecular flexibility index (Phi) is 5.20. The zero-order valence-corrected chi connectivity index (χ0v) is 12.2. The van der Waals surface area contributed by atoms with Crippen molar-refractivity contribution in [3.8, 4) is 0 Å². The number of rotatable bonds is 5. The summed E-state index contributed by atoms with van der Waals surface area (Å²) in [5, 5.41) is 3.27. The summed E-state index contributed by atoms with van der Waals surface area (Å²) in [5.41, 5.74) is 5.82. The van der Waals surface area contributed by atoms with E-state index in [1.165, 1.54) is 23.1 Å². The molecule has 0 bridgehead atoms. The van der Waals surface area contributed by atoms with Crippen molar-refractivity contribution in [1.82, 2.24) is 5.32 Å². The minimum absolute atomic E-state index is 0.722. The van der Waals surface area contributed by atoms with E-state index in [4.69, 9.17) is 0 Å². The van der Waals surface area contributed by atoms with Gasteiger partial charge in [-0.15, -0.1) is 0 Å². The summed E-state index contributed by atoms with van der Waals surface area (Å²) in [7, 11) is 2.03. The molecule has 96 valence electrons. The molecule has 0 aliphatic heterocycles. The summed E-state index contributed by atoms with van der Waals surface area (Å²) in [6, 6.07) is 4.61. The van der Waals surface area contributed by atoms with Crippen LogP contribution in [0.25, 0.3) is 0 Å². The Morgan fingerprint density at radius 2 is 1.53 bits per heavy atom. The maximum atomic E-state index is 3.27. The molecule has 0 aliphatic carbocycles. The number of benzene rings is 1. The van der Waals surface area contributed by atoms with Crippen LogP contribution in [0.1, 0.15) is 36.1 Å². The summed E-state index contributed by atoms with van der Waals surface area (Å²) in [6.45, 7) is 12.5. The molecule has 2 atom stereocenters. The predicted octanol–water partition coefficient (Wildman–Crippen LogP) is 3.65. The van der Waals surface area contributed by atoms with Gasteiger partial charge in [0.25, 0.3) is 0 Å². The molecular formula is C16H27N. The van der Waals surface area contributed by atoms with Crippen molar-refractivity contribution in [2.24, 2.45) is 11.8 Å². The normalized spacial score (nSPS) is 14.7. The average molecular weight is 233 g/mol. The van der Waals surface area contributed by atoms with Gasteiger partial charge >= 0.3 is 0 Å². The molecule has 1 aromatic rings. The van der Waals surface area contributed by atoms with Crippen molar-refractivity contribution in [3.05, 3.63) is 34.4 Å². The Bertz CT molecular complexity index is 345.